The minimum Gasteiger partial charge on any atom is -0.484 e. The lowest BCUT2D eigenvalue weighted by Crippen LogP contribution is -2.34. The van der Waals surface area contributed by atoms with E-state index in [0.717, 1.165) is 23.9 Å². The second kappa shape index (κ2) is 6.97. The summed E-state index contributed by atoms with van der Waals surface area (Å²) in [7, 11) is 0. The second-order valence-electron chi connectivity index (χ2n) is 5.40. The maximum absolute atomic E-state index is 12.5. The average Bonchev–Trinajstić information content (AvgIpc) is 3.04. The van der Waals surface area contributed by atoms with Gasteiger partial charge in [0.1, 0.15) is 5.75 Å². The third kappa shape index (κ3) is 3.50. The predicted molar refractivity (Wildman–Crippen MR) is 89.8 cm³/mol. The standard InChI is InChI=1S/C18H18BrNO2/c19-15-8-10-16(11-9-15)22-13-18(21)20-12-4-7-17(20)14-5-2-1-3-6-14/h1-3,5-6,8-11,17H,4,7,12-13H2. The molecule has 1 fully saturated rings. The Balaban J connectivity index is 1.62. The van der Waals surface area contributed by atoms with Gasteiger partial charge < -0.3 is 9.64 Å². The molecule has 0 bridgehead atoms. The van der Waals surface area contributed by atoms with Crippen LogP contribution in [0.25, 0.3) is 0 Å². The van der Waals surface area contributed by atoms with Gasteiger partial charge >= 0.3 is 0 Å². The van der Waals surface area contributed by atoms with E-state index in [-0.39, 0.29) is 18.6 Å². The van der Waals surface area contributed by atoms with E-state index in [1.165, 1.54) is 5.56 Å². The summed E-state index contributed by atoms with van der Waals surface area (Å²) in [6.07, 6.45) is 2.07. The molecular weight excluding hydrogens is 342 g/mol. The van der Waals surface area contributed by atoms with Gasteiger partial charge in [-0.2, -0.15) is 0 Å². The molecule has 2 aromatic rings. The van der Waals surface area contributed by atoms with Crippen molar-refractivity contribution in [2.45, 2.75) is 18.9 Å². The Morgan fingerprint density at radius 2 is 1.86 bits per heavy atom. The molecule has 1 atom stereocenters. The van der Waals surface area contributed by atoms with Crippen LogP contribution in [0.4, 0.5) is 0 Å². The van der Waals surface area contributed by atoms with Gasteiger partial charge in [-0.05, 0) is 42.7 Å². The van der Waals surface area contributed by atoms with E-state index in [2.05, 4.69) is 28.1 Å². The number of nitrogens with zero attached hydrogens (tertiary/aromatic N) is 1. The van der Waals surface area contributed by atoms with Gasteiger partial charge in [-0.3, -0.25) is 4.79 Å². The number of halogens is 1. The summed E-state index contributed by atoms with van der Waals surface area (Å²) in [5.41, 5.74) is 1.21. The molecule has 3 rings (SSSR count). The summed E-state index contributed by atoms with van der Waals surface area (Å²) in [5, 5.41) is 0. The topological polar surface area (TPSA) is 29.5 Å². The molecule has 0 aliphatic carbocycles. The highest BCUT2D eigenvalue weighted by atomic mass is 79.9. The minimum atomic E-state index is 0.0503. The fourth-order valence-electron chi connectivity index (χ4n) is 2.85. The van der Waals surface area contributed by atoms with Crippen LogP contribution in [-0.4, -0.2) is 24.0 Å². The van der Waals surface area contributed by atoms with Crippen LogP contribution in [-0.2, 0) is 4.79 Å². The van der Waals surface area contributed by atoms with E-state index < -0.39 is 0 Å². The first-order chi connectivity index (χ1) is 10.7. The first-order valence-electron chi connectivity index (χ1n) is 7.47. The van der Waals surface area contributed by atoms with Crippen molar-refractivity contribution in [3.8, 4) is 5.75 Å². The summed E-state index contributed by atoms with van der Waals surface area (Å²) < 4.78 is 6.60. The molecular formula is C18H18BrNO2. The van der Waals surface area contributed by atoms with Gasteiger partial charge in [0.25, 0.3) is 5.91 Å². The van der Waals surface area contributed by atoms with Crippen LogP contribution >= 0.6 is 15.9 Å². The zero-order chi connectivity index (χ0) is 15.4. The van der Waals surface area contributed by atoms with Crippen molar-refractivity contribution < 1.29 is 9.53 Å². The zero-order valence-electron chi connectivity index (χ0n) is 12.2. The molecule has 1 unspecified atom stereocenters. The number of hydrogen-bond donors (Lipinski definition) is 0. The fraction of sp³-hybridized carbons (Fsp3) is 0.278. The van der Waals surface area contributed by atoms with Crippen molar-refractivity contribution >= 4 is 21.8 Å². The molecule has 1 aliphatic heterocycles. The average molecular weight is 360 g/mol. The van der Waals surface area contributed by atoms with Crippen LogP contribution in [0.5, 0.6) is 5.75 Å². The summed E-state index contributed by atoms with van der Waals surface area (Å²) in [6, 6.07) is 17.9. The van der Waals surface area contributed by atoms with Crippen LogP contribution < -0.4 is 4.74 Å². The van der Waals surface area contributed by atoms with Crippen molar-refractivity contribution in [3.05, 3.63) is 64.6 Å². The maximum atomic E-state index is 12.5. The largest absolute Gasteiger partial charge is 0.484 e. The first-order valence-corrected chi connectivity index (χ1v) is 8.26. The monoisotopic (exact) mass is 359 g/mol. The van der Waals surface area contributed by atoms with Gasteiger partial charge in [0, 0.05) is 11.0 Å². The smallest absolute Gasteiger partial charge is 0.261 e. The number of likely N-dealkylation sites (tertiary alicyclic amines) is 1. The SMILES string of the molecule is O=C(COc1ccc(Br)cc1)N1CCCC1c1ccccc1. The lowest BCUT2D eigenvalue weighted by molar-refractivity contribution is -0.134. The van der Waals surface area contributed by atoms with Crippen LogP contribution in [0.2, 0.25) is 0 Å². The van der Waals surface area contributed by atoms with E-state index in [1.807, 2.05) is 47.4 Å². The molecule has 0 radical (unpaired) electrons. The highest BCUT2D eigenvalue weighted by Crippen LogP contribution is 2.31. The Hall–Kier alpha value is -1.81. The third-order valence-electron chi connectivity index (χ3n) is 3.93. The molecule has 22 heavy (non-hydrogen) atoms. The zero-order valence-corrected chi connectivity index (χ0v) is 13.8. The number of carbonyl (C=O) groups excluding carboxylic acids is 1. The molecule has 114 valence electrons. The van der Waals surface area contributed by atoms with Gasteiger partial charge in [0.05, 0.1) is 6.04 Å². The summed E-state index contributed by atoms with van der Waals surface area (Å²) in [5.74, 6) is 0.765. The quantitative estimate of drug-likeness (QED) is 0.818. The molecule has 1 amide bonds. The second-order valence-corrected chi connectivity index (χ2v) is 6.31. The molecule has 0 saturated carbocycles. The number of rotatable bonds is 4. The van der Waals surface area contributed by atoms with Crippen LogP contribution in [0.15, 0.2) is 59.1 Å². The Morgan fingerprint density at radius 1 is 1.14 bits per heavy atom. The Kier molecular flexibility index (Phi) is 4.78. The number of benzene rings is 2. The third-order valence-corrected chi connectivity index (χ3v) is 4.46. The van der Waals surface area contributed by atoms with E-state index in [9.17, 15) is 4.79 Å². The Bertz CT molecular complexity index is 627. The molecule has 2 aromatic carbocycles. The number of carbonyl (C=O) groups is 1. The Morgan fingerprint density at radius 3 is 2.59 bits per heavy atom. The van der Waals surface area contributed by atoms with E-state index in [1.54, 1.807) is 0 Å². The van der Waals surface area contributed by atoms with Crippen molar-refractivity contribution in [1.82, 2.24) is 4.90 Å². The molecule has 0 N–H and O–H groups in total. The summed E-state index contributed by atoms with van der Waals surface area (Å²) >= 11 is 3.38. The number of hydrogen-bond acceptors (Lipinski definition) is 2. The van der Waals surface area contributed by atoms with Crippen molar-refractivity contribution in [2.24, 2.45) is 0 Å². The number of ether oxygens (including phenoxy) is 1. The van der Waals surface area contributed by atoms with Crippen LogP contribution in [0.3, 0.4) is 0 Å². The number of amides is 1. The fourth-order valence-corrected chi connectivity index (χ4v) is 3.11. The summed E-state index contributed by atoms with van der Waals surface area (Å²) in [6.45, 7) is 0.896. The highest BCUT2D eigenvalue weighted by molar-refractivity contribution is 9.10. The molecule has 1 heterocycles. The van der Waals surface area contributed by atoms with Gasteiger partial charge in [0.15, 0.2) is 6.61 Å². The van der Waals surface area contributed by atoms with Crippen LogP contribution in [0.1, 0.15) is 24.4 Å². The van der Waals surface area contributed by atoms with Gasteiger partial charge in [0.2, 0.25) is 0 Å². The molecule has 0 spiro atoms. The lowest BCUT2D eigenvalue weighted by atomic mass is 10.0. The van der Waals surface area contributed by atoms with E-state index in [4.69, 9.17) is 4.74 Å². The van der Waals surface area contributed by atoms with E-state index in [0.29, 0.717) is 5.75 Å². The van der Waals surface area contributed by atoms with E-state index >= 15 is 0 Å². The molecule has 4 heteroatoms. The highest BCUT2D eigenvalue weighted by Gasteiger charge is 2.29. The molecule has 0 aromatic heterocycles. The van der Waals surface area contributed by atoms with Crippen molar-refractivity contribution in [1.29, 1.82) is 0 Å². The normalized spacial score (nSPS) is 17.5. The Labute approximate surface area is 139 Å². The van der Waals surface area contributed by atoms with Crippen molar-refractivity contribution in [2.75, 3.05) is 13.2 Å². The van der Waals surface area contributed by atoms with Gasteiger partial charge in [-0.25, -0.2) is 0 Å². The summed E-state index contributed by atoms with van der Waals surface area (Å²) in [4.78, 5) is 14.4. The van der Waals surface area contributed by atoms with Gasteiger partial charge in [-0.15, -0.1) is 0 Å². The van der Waals surface area contributed by atoms with Gasteiger partial charge in [-0.1, -0.05) is 46.3 Å². The molecule has 1 aliphatic rings. The first kappa shape index (κ1) is 15.1. The lowest BCUT2D eigenvalue weighted by Gasteiger charge is -2.25. The molecule has 1 saturated heterocycles. The van der Waals surface area contributed by atoms with Crippen LogP contribution in [0, 0.1) is 0 Å². The van der Waals surface area contributed by atoms with Crippen molar-refractivity contribution in [3.63, 3.8) is 0 Å². The minimum absolute atomic E-state index is 0.0503. The maximum Gasteiger partial charge on any atom is 0.261 e. The predicted octanol–water partition coefficient (Wildman–Crippen LogP) is 4.19. The molecule has 3 nitrogen and oxygen atoms in total.